The summed E-state index contributed by atoms with van der Waals surface area (Å²) in [6.45, 7) is 2.54. The molecule has 4 nitrogen and oxygen atoms in total. The lowest BCUT2D eigenvalue weighted by Crippen LogP contribution is -2.26. The zero-order valence-electron chi connectivity index (χ0n) is 14.2. The number of aromatic nitrogens is 2. The Bertz CT molecular complexity index is 937. The van der Waals surface area contributed by atoms with Crippen molar-refractivity contribution < 1.29 is 9.18 Å². The molecule has 0 bridgehead atoms. The SMILES string of the molecule is Cc1nn(Cc2ccc(F)cc2)c(Cl)c1C(=O)N(C)Cc1ccc(Cl)s1. The number of thiophene rings is 1. The molecular formula is C18H16Cl2FN3OS. The van der Waals surface area contributed by atoms with Crippen LogP contribution in [0.1, 0.15) is 26.5 Å². The highest BCUT2D eigenvalue weighted by atomic mass is 35.5. The molecule has 3 rings (SSSR count). The van der Waals surface area contributed by atoms with Crippen molar-refractivity contribution in [3.8, 4) is 0 Å². The van der Waals surface area contributed by atoms with E-state index in [-0.39, 0.29) is 16.9 Å². The lowest BCUT2D eigenvalue weighted by Gasteiger charge is -2.16. The van der Waals surface area contributed by atoms with E-state index in [2.05, 4.69) is 5.10 Å². The summed E-state index contributed by atoms with van der Waals surface area (Å²) in [5.41, 5.74) is 1.77. The van der Waals surface area contributed by atoms with Crippen molar-refractivity contribution in [2.24, 2.45) is 0 Å². The van der Waals surface area contributed by atoms with Gasteiger partial charge in [0.05, 0.1) is 28.7 Å². The van der Waals surface area contributed by atoms with Crippen molar-refractivity contribution >= 4 is 40.4 Å². The molecule has 0 saturated heterocycles. The minimum atomic E-state index is -0.303. The molecule has 1 amide bonds. The molecule has 0 radical (unpaired) electrons. The van der Waals surface area contributed by atoms with E-state index in [1.807, 2.05) is 6.07 Å². The van der Waals surface area contributed by atoms with E-state index >= 15 is 0 Å². The van der Waals surface area contributed by atoms with Gasteiger partial charge in [0.25, 0.3) is 5.91 Å². The Kier molecular flexibility index (Phi) is 5.65. The second-order valence-electron chi connectivity index (χ2n) is 5.90. The fraction of sp³-hybridized carbons (Fsp3) is 0.222. The van der Waals surface area contributed by atoms with Crippen LogP contribution in [0.25, 0.3) is 0 Å². The van der Waals surface area contributed by atoms with E-state index in [0.717, 1.165) is 10.4 Å². The molecule has 26 heavy (non-hydrogen) atoms. The van der Waals surface area contributed by atoms with Crippen LogP contribution in [0, 0.1) is 12.7 Å². The molecule has 136 valence electrons. The van der Waals surface area contributed by atoms with E-state index in [4.69, 9.17) is 23.2 Å². The molecule has 2 heterocycles. The van der Waals surface area contributed by atoms with Crippen LogP contribution in [0.5, 0.6) is 0 Å². The van der Waals surface area contributed by atoms with Crippen LogP contribution in [-0.4, -0.2) is 27.6 Å². The standard InChI is InChI=1S/C18H16Cl2FN3OS/c1-11-16(18(25)23(2)10-14-7-8-15(19)26-14)17(20)24(22-11)9-12-3-5-13(21)6-4-12/h3-8H,9-10H2,1-2H3. The van der Waals surface area contributed by atoms with Crippen molar-refractivity contribution in [2.45, 2.75) is 20.0 Å². The molecule has 8 heteroatoms. The lowest BCUT2D eigenvalue weighted by atomic mass is 10.2. The molecule has 0 fully saturated rings. The maximum Gasteiger partial charge on any atom is 0.258 e. The molecule has 0 aliphatic carbocycles. The zero-order chi connectivity index (χ0) is 18.8. The third kappa shape index (κ3) is 4.09. The summed E-state index contributed by atoms with van der Waals surface area (Å²) in [4.78, 5) is 15.4. The van der Waals surface area contributed by atoms with Crippen molar-refractivity contribution in [1.82, 2.24) is 14.7 Å². The second-order valence-corrected chi connectivity index (χ2v) is 8.06. The Morgan fingerprint density at radius 2 is 1.92 bits per heavy atom. The van der Waals surface area contributed by atoms with Gasteiger partial charge in [0.2, 0.25) is 0 Å². The molecule has 2 aromatic heterocycles. The summed E-state index contributed by atoms with van der Waals surface area (Å²) in [5.74, 6) is -0.509. The number of nitrogens with zero attached hydrogens (tertiary/aromatic N) is 3. The van der Waals surface area contributed by atoms with Crippen LogP contribution in [0.4, 0.5) is 4.39 Å². The highest BCUT2D eigenvalue weighted by Crippen LogP contribution is 2.25. The van der Waals surface area contributed by atoms with E-state index in [1.165, 1.54) is 23.5 Å². The predicted molar refractivity (Wildman–Crippen MR) is 103 cm³/mol. The first-order valence-electron chi connectivity index (χ1n) is 7.82. The predicted octanol–water partition coefficient (Wildman–Crippen LogP) is 5.02. The topological polar surface area (TPSA) is 38.1 Å². The summed E-state index contributed by atoms with van der Waals surface area (Å²) in [6.07, 6.45) is 0. The van der Waals surface area contributed by atoms with Gasteiger partial charge < -0.3 is 4.90 Å². The van der Waals surface area contributed by atoms with Crippen LogP contribution in [0.3, 0.4) is 0 Å². The fourth-order valence-electron chi connectivity index (χ4n) is 2.60. The number of amides is 1. The Morgan fingerprint density at radius 1 is 1.23 bits per heavy atom. The number of hydrogen-bond donors (Lipinski definition) is 0. The maximum absolute atomic E-state index is 13.0. The average molecular weight is 412 g/mol. The molecule has 1 aromatic carbocycles. The van der Waals surface area contributed by atoms with E-state index in [1.54, 1.807) is 41.8 Å². The molecule has 0 atom stereocenters. The number of carbonyl (C=O) groups excluding carboxylic acids is 1. The normalized spacial score (nSPS) is 11.0. The van der Waals surface area contributed by atoms with Gasteiger partial charge in [-0.1, -0.05) is 35.3 Å². The van der Waals surface area contributed by atoms with E-state index < -0.39 is 0 Å². The van der Waals surface area contributed by atoms with Crippen LogP contribution in [0.2, 0.25) is 9.49 Å². The lowest BCUT2D eigenvalue weighted by molar-refractivity contribution is 0.0786. The number of carbonyl (C=O) groups is 1. The van der Waals surface area contributed by atoms with Gasteiger partial charge in [-0.2, -0.15) is 5.10 Å². The van der Waals surface area contributed by atoms with E-state index in [9.17, 15) is 9.18 Å². The summed E-state index contributed by atoms with van der Waals surface area (Å²) < 4.78 is 15.3. The number of benzene rings is 1. The second kappa shape index (κ2) is 7.78. The van der Waals surface area contributed by atoms with Crippen LogP contribution >= 0.6 is 34.5 Å². The Hall–Kier alpha value is -1.89. The third-order valence-electron chi connectivity index (χ3n) is 3.89. The number of hydrogen-bond acceptors (Lipinski definition) is 3. The smallest absolute Gasteiger partial charge is 0.258 e. The molecular weight excluding hydrogens is 396 g/mol. The largest absolute Gasteiger partial charge is 0.336 e. The number of aryl methyl sites for hydroxylation is 1. The van der Waals surface area contributed by atoms with Gasteiger partial charge >= 0.3 is 0 Å². The van der Waals surface area contributed by atoms with Gasteiger partial charge in [-0.25, -0.2) is 9.07 Å². The summed E-state index contributed by atoms with van der Waals surface area (Å²) in [5, 5.41) is 4.64. The average Bonchev–Trinajstić information content (AvgIpc) is 3.12. The maximum atomic E-state index is 13.0. The molecule has 0 N–H and O–H groups in total. The van der Waals surface area contributed by atoms with Crippen LogP contribution in [-0.2, 0) is 13.1 Å². The first-order chi connectivity index (χ1) is 12.3. The van der Waals surface area contributed by atoms with Crippen molar-refractivity contribution in [3.63, 3.8) is 0 Å². The van der Waals surface area contributed by atoms with E-state index in [0.29, 0.717) is 28.7 Å². The first-order valence-corrected chi connectivity index (χ1v) is 9.39. The van der Waals surface area contributed by atoms with Crippen molar-refractivity contribution in [1.29, 1.82) is 0 Å². The fourth-order valence-corrected chi connectivity index (χ4v) is 4.05. The molecule has 0 spiro atoms. The summed E-state index contributed by atoms with van der Waals surface area (Å²) >= 11 is 13.8. The summed E-state index contributed by atoms with van der Waals surface area (Å²) in [6, 6.07) is 9.78. The van der Waals surface area contributed by atoms with Gasteiger partial charge in [-0.3, -0.25) is 4.79 Å². The highest BCUT2D eigenvalue weighted by Gasteiger charge is 2.23. The highest BCUT2D eigenvalue weighted by molar-refractivity contribution is 7.16. The van der Waals surface area contributed by atoms with Crippen LogP contribution < -0.4 is 0 Å². The van der Waals surface area contributed by atoms with Crippen molar-refractivity contribution in [2.75, 3.05) is 7.05 Å². The minimum absolute atomic E-state index is 0.206. The van der Waals surface area contributed by atoms with Gasteiger partial charge in [-0.05, 0) is 36.8 Å². The van der Waals surface area contributed by atoms with Gasteiger partial charge in [0.15, 0.2) is 0 Å². The molecule has 0 saturated carbocycles. The van der Waals surface area contributed by atoms with Crippen LogP contribution in [0.15, 0.2) is 36.4 Å². The van der Waals surface area contributed by atoms with Gasteiger partial charge in [0, 0.05) is 11.9 Å². The molecule has 0 aliphatic heterocycles. The minimum Gasteiger partial charge on any atom is -0.336 e. The zero-order valence-corrected chi connectivity index (χ0v) is 16.5. The van der Waals surface area contributed by atoms with Gasteiger partial charge in [-0.15, -0.1) is 11.3 Å². The molecule has 0 aliphatic rings. The molecule has 3 aromatic rings. The number of halogens is 3. The quantitative estimate of drug-likeness (QED) is 0.590. The Labute approximate surface area is 164 Å². The van der Waals surface area contributed by atoms with Crippen molar-refractivity contribution in [3.05, 3.63) is 73.4 Å². The number of rotatable bonds is 5. The first kappa shape index (κ1) is 18.9. The third-order valence-corrected chi connectivity index (χ3v) is 5.49. The monoisotopic (exact) mass is 411 g/mol. The summed E-state index contributed by atoms with van der Waals surface area (Å²) in [7, 11) is 1.71. The van der Waals surface area contributed by atoms with Gasteiger partial charge in [0.1, 0.15) is 11.0 Å². The molecule has 0 unspecified atom stereocenters. The Balaban J connectivity index is 1.80. The Morgan fingerprint density at radius 3 is 2.54 bits per heavy atom.